The zero-order valence-electron chi connectivity index (χ0n) is 16.0. The Balaban J connectivity index is 1.52. The minimum atomic E-state index is -0.925. The Morgan fingerprint density at radius 3 is 2.26 bits per heavy atom. The Kier molecular flexibility index (Phi) is 4.68. The monoisotopic (exact) mass is 365 g/mol. The second kappa shape index (κ2) is 7.01. The number of carbonyl (C=O) groups is 1. The number of carbonyl (C=O) groups excluding carboxylic acids is 1. The van der Waals surface area contributed by atoms with E-state index in [1.165, 1.54) is 22.3 Å². The summed E-state index contributed by atoms with van der Waals surface area (Å²) >= 11 is 0. The van der Waals surface area contributed by atoms with Gasteiger partial charge in [0.1, 0.15) is 6.61 Å². The maximum Gasteiger partial charge on any atom is 0.410 e. The van der Waals surface area contributed by atoms with E-state index >= 15 is 0 Å². The van der Waals surface area contributed by atoms with Gasteiger partial charge in [-0.3, -0.25) is 0 Å². The standard InChI is InChI=1S/C23H27NO3/c1-23(2,26)21-13-7-8-14-24(21)22(25)27-15-20-18-11-5-3-9-16(18)17-10-4-6-12-19(17)20/h3-6,9-12,20-21,26H,7-8,13-15H2,1-2H3. The van der Waals surface area contributed by atoms with Gasteiger partial charge in [-0.15, -0.1) is 0 Å². The van der Waals surface area contributed by atoms with Gasteiger partial charge < -0.3 is 14.7 Å². The van der Waals surface area contributed by atoms with E-state index in [1.54, 1.807) is 18.7 Å². The number of hydrogen-bond donors (Lipinski definition) is 1. The first-order chi connectivity index (χ1) is 13.0. The molecular formula is C23H27NO3. The summed E-state index contributed by atoms with van der Waals surface area (Å²) in [7, 11) is 0. The van der Waals surface area contributed by atoms with E-state index in [9.17, 15) is 9.90 Å². The van der Waals surface area contributed by atoms with Crippen molar-refractivity contribution in [2.45, 2.75) is 50.7 Å². The fraction of sp³-hybridized carbons (Fsp3) is 0.435. The molecular weight excluding hydrogens is 338 g/mol. The second-order valence-corrected chi connectivity index (χ2v) is 8.16. The Bertz CT molecular complexity index is 794. The van der Waals surface area contributed by atoms with Crippen LogP contribution in [-0.2, 0) is 4.74 Å². The van der Waals surface area contributed by atoms with Crippen molar-refractivity contribution in [3.8, 4) is 11.1 Å². The second-order valence-electron chi connectivity index (χ2n) is 8.16. The third kappa shape index (κ3) is 3.34. The molecule has 1 saturated heterocycles. The topological polar surface area (TPSA) is 49.8 Å². The van der Waals surface area contributed by atoms with Crippen LogP contribution in [-0.4, -0.2) is 40.9 Å². The molecule has 1 amide bonds. The van der Waals surface area contributed by atoms with Crippen LogP contribution in [0.25, 0.3) is 11.1 Å². The lowest BCUT2D eigenvalue weighted by atomic mass is 9.89. The first-order valence-corrected chi connectivity index (χ1v) is 9.81. The van der Waals surface area contributed by atoms with Crippen molar-refractivity contribution in [3.63, 3.8) is 0 Å². The number of ether oxygens (including phenoxy) is 1. The van der Waals surface area contributed by atoms with Crippen molar-refractivity contribution < 1.29 is 14.6 Å². The maximum atomic E-state index is 12.8. The summed E-state index contributed by atoms with van der Waals surface area (Å²) in [5, 5.41) is 10.5. The van der Waals surface area contributed by atoms with Gasteiger partial charge in [-0.1, -0.05) is 48.5 Å². The van der Waals surface area contributed by atoms with Gasteiger partial charge in [-0.05, 0) is 55.4 Å². The van der Waals surface area contributed by atoms with Crippen LogP contribution < -0.4 is 0 Å². The fourth-order valence-electron chi connectivity index (χ4n) is 4.56. The highest BCUT2D eigenvalue weighted by Crippen LogP contribution is 2.44. The molecule has 1 heterocycles. The van der Waals surface area contributed by atoms with Crippen LogP contribution >= 0.6 is 0 Å². The number of nitrogens with zero attached hydrogens (tertiary/aromatic N) is 1. The van der Waals surface area contributed by atoms with Gasteiger partial charge in [0, 0.05) is 12.5 Å². The molecule has 0 saturated carbocycles. The van der Waals surface area contributed by atoms with Crippen LogP contribution in [0.2, 0.25) is 0 Å². The van der Waals surface area contributed by atoms with E-state index < -0.39 is 5.60 Å². The van der Waals surface area contributed by atoms with Gasteiger partial charge in [0.15, 0.2) is 0 Å². The van der Waals surface area contributed by atoms with E-state index in [-0.39, 0.29) is 18.1 Å². The molecule has 2 aromatic rings. The highest BCUT2D eigenvalue weighted by Gasteiger charge is 2.38. The summed E-state index contributed by atoms with van der Waals surface area (Å²) in [5.41, 5.74) is 3.95. The van der Waals surface area contributed by atoms with Crippen LogP contribution in [0.15, 0.2) is 48.5 Å². The average Bonchev–Trinajstić information content (AvgIpc) is 2.99. The molecule has 1 aliphatic heterocycles. The van der Waals surface area contributed by atoms with Crippen LogP contribution in [0.4, 0.5) is 4.79 Å². The first-order valence-electron chi connectivity index (χ1n) is 9.81. The molecule has 0 aromatic heterocycles. The molecule has 27 heavy (non-hydrogen) atoms. The highest BCUT2D eigenvalue weighted by molar-refractivity contribution is 5.79. The minimum absolute atomic E-state index is 0.0618. The normalized spacial score (nSPS) is 19.5. The van der Waals surface area contributed by atoms with Crippen molar-refractivity contribution in [1.82, 2.24) is 4.90 Å². The Hall–Kier alpha value is -2.33. The molecule has 1 N–H and O–H groups in total. The smallest absolute Gasteiger partial charge is 0.410 e. The van der Waals surface area contributed by atoms with Gasteiger partial charge >= 0.3 is 6.09 Å². The SMILES string of the molecule is CC(C)(O)C1CCCCN1C(=O)OCC1c2ccccc2-c2ccccc21. The molecule has 2 aliphatic rings. The highest BCUT2D eigenvalue weighted by atomic mass is 16.6. The predicted molar refractivity (Wildman–Crippen MR) is 106 cm³/mol. The molecule has 0 radical (unpaired) electrons. The number of aliphatic hydroxyl groups is 1. The van der Waals surface area contributed by atoms with E-state index in [4.69, 9.17) is 4.74 Å². The quantitative estimate of drug-likeness (QED) is 0.867. The van der Waals surface area contributed by atoms with Crippen LogP contribution in [0, 0.1) is 0 Å². The molecule has 0 bridgehead atoms. The number of likely N-dealkylation sites (tertiary alicyclic amines) is 1. The number of fused-ring (bicyclic) bond motifs is 3. The third-order valence-electron chi connectivity index (χ3n) is 5.89. The molecule has 4 heteroatoms. The average molecular weight is 365 g/mol. The van der Waals surface area contributed by atoms with Gasteiger partial charge in [0.05, 0.1) is 11.6 Å². The number of amides is 1. The van der Waals surface area contributed by atoms with E-state index in [0.29, 0.717) is 13.2 Å². The summed E-state index contributed by atoms with van der Waals surface area (Å²) in [6.07, 6.45) is 2.48. The molecule has 1 atom stereocenters. The van der Waals surface area contributed by atoms with Crippen molar-refractivity contribution in [2.75, 3.05) is 13.2 Å². The van der Waals surface area contributed by atoms with E-state index in [1.807, 2.05) is 24.3 Å². The van der Waals surface area contributed by atoms with Crippen molar-refractivity contribution in [3.05, 3.63) is 59.7 Å². The summed E-state index contributed by atoms with van der Waals surface area (Å²) in [6, 6.07) is 16.5. The Morgan fingerprint density at radius 1 is 1.07 bits per heavy atom. The summed E-state index contributed by atoms with van der Waals surface area (Å²) in [6.45, 7) is 4.51. The molecule has 1 fully saturated rings. The molecule has 4 nitrogen and oxygen atoms in total. The zero-order chi connectivity index (χ0) is 19.0. The van der Waals surface area contributed by atoms with Crippen LogP contribution in [0.1, 0.15) is 50.2 Å². The molecule has 1 unspecified atom stereocenters. The van der Waals surface area contributed by atoms with Gasteiger partial charge in [0.25, 0.3) is 0 Å². The maximum absolute atomic E-state index is 12.8. The largest absolute Gasteiger partial charge is 0.448 e. The number of piperidine rings is 1. The predicted octanol–water partition coefficient (Wildman–Crippen LogP) is 4.56. The van der Waals surface area contributed by atoms with Crippen molar-refractivity contribution >= 4 is 6.09 Å². The fourth-order valence-corrected chi connectivity index (χ4v) is 4.56. The van der Waals surface area contributed by atoms with Crippen LogP contribution in [0.3, 0.4) is 0 Å². The summed E-state index contributed by atoms with van der Waals surface area (Å²) in [4.78, 5) is 14.5. The lowest BCUT2D eigenvalue weighted by Gasteiger charge is -2.41. The molecule has 142 valence electrons. The number of hydrogen-bond acceptors (Lipinski definition) is 3. The minimum Gasteiger partial charge on any atom is -0.448 e. The lowest BCUT2D eigenvalue weighted by Crippen LogP contribution is -2.54. The zero-order valence-corrected chi connectivity index (χ0v) is 16.0. The summed E-state index contributed by atoms with van der Waals surface area (Å²) < 4.78 is 5.78. The van der Waals surface area contributed by atoms with Gasteiger partial charge in [0.2, 0.25) is 0 Å². The summed E-state index contributed by atoms with van der Waals surface area (Å²) in [5.74, 6) is 0.0618. The molecule has 2 aromatic carbocycles. The van der Waals surface area contributed by atoms with Crippen molar-refractivity contribution in [2.24, 2.45) is 0 Å². The lowest BCUT2D eigenvalue weighted by molar-refractivity contribution is -0.0344. The van der Waals surface area contributed by atoms with Crippen molar-refractivity contribution in [1.29, 1.82) is 0 Å². The Morgan fingerprint density at radius 2 is 1.67 bits per heavy atom. The number of rotatable bonds is 3. The van der Waals surface area contributed by atoms with Crippen LogP contribution in [0.5, 0.6) is 0 Å². The molecule has 1 aliphatic carbocycles. The van der Waals surface area contributed by atoms with E-state index in [2.05, 4.69) is 24.3 Å². The third-order valence-corrected chi connectivity index (χ3v) is 5.89. The van der Waals surface area contributed by atoms with Gasteiger partial charge in [-0.25, -0.2) is 4.79 Å². The first kappa shape index (κ1) is 18.1. The Labute approximate surface area is 160 Å². The van der Waals surface area contributed by atoms with E-state index in [0.717, 1.165) is 19.3 Å². The van der Waals surface area contributed by atoms with Gasteiger partial charge in [-0.2, -0.15) is 0 Å². The number of benzene rings is 2. The molecule has 4 rings (SSSR count). The molecule has 0 spiro atoms.